The lowest BCUT2D eigenvalue weighted by atomic mass is 9.99. The number of aromatic nitrogens is 1. The van der Waals surface area contributed by atoms with Crippen molar-refractivity contribution in [2.24, 2.45) is 4.99 Å². The van der Waals surface area contributed by atoms with E-state index in [0.717, 1.165) is 62.7 Å². The van der Waals surface area contributed by atoms with Gasteiger partial charge in [0.1, 0.15) is 16.4 Å². The van der Waals surface area contributed by atoms with Crippen LogP contribution in [0.3, 0.4) is 0 Å². The number of nitrogens with one attached hydrogen (secondary N) is 2. The van der Waals surface area contributed by atoms with Crippen molar-refractivity contribution in [2.75, 3.05) is 38.2 Å². The van der Waals surface area contributed by atoms with E-state index in [1.165, 1.54) is 6.26 Å². The van der Waals surface area contributed by atoms with E-state index in [1.54, 1.807) is 0 Å². The Hall–Kier alpha value is -1.61. The standard InChI is InChI=1S/C20H37N5O3S/c1-5-16(6-2)19-14-18(28-24-19)15-22-20(21-7-3)23-17-8-10-25(11-9-17)12-13-29(4,26)27/h14,16-17H,5-13,15H2,1-4H3,(H2,21,22,23). The van der Waals surface area contributed by atoms with E-state index in [0.29, 0.717) is 25.0 Å². The van der Waals surface area contributed by atoms with Crippen LogP contribution >= 0.6 is 0 Å². The molecule has 0 unspecified atom stereocenters. The second-order valence-electron chi connectivity index (χ2n) is 7.82. The Balaban J connectivity index is 1.85. The predicted molar refractivity (Wildman–Crippen MR) is 117 cm³/mol. The van der Waals surface area contributed by atoms with Gasteiger partial charge in [0, 0.05) is 50.5 Å². The molecule has 0 radical (unpaired) electrons. The third kappa shape index (κ3) is 8.34. The molecule has 0 aliphatic carbocycles. The first kappa shape index (κ1) is 23.7. The van der Waals surface area contributed by atoms with Gasteiger partial charge in [0.15, 0.2) is 11.7 Å². The van der Waals surface area contributed by atoms with Gasteiger partial charge < -0.3 is 20.1 Å². The maximum atomic E-state index is 11.3. The quantitative estimate of drug-likeness (QED) is 0.436. The van der Waals surface area contributed by atoms with Gasteiger partial charge in [-0.3, -0.25) is 0 Å². The number of hydrogen-bond acceptors (Lipinski definition) is 6. The number of aliphatic imine (C=N–C) groups is 1. The molecule has 8 nitrogen and oxygen atoms in total. The van der Waals surface area contributed by atoms with Gasteiger partial charge in [-0.15, -0.1) is 0 Å². The van der Waals surface area contributed by atoms with Crippen molar-refractivity contribution >= 4 is 15.8 Å². The monoisotopic (exact) mass is 427 g/mol. The first-order valence-corrected chi connectivity index (χ1v) is 12.8. The summed E-state index contributed by atoms with van der Waals surface area (Å²) in [6.45, 7) is 10.0. The zero-order chi connectivity index (χ0) is 21.3. The molecule has 9 heteroatoms. The van der Waals surface area contributed by atoms with Crippen molar-refractivity contribution in [3.8, 4) is 0 Å². The maximum absolute atomic E-state index is 11.3. The van der Waals surface area contributed by atoms with Crippen molar-refractivity contribution in [2.45, 2.75) is 65.0 Å². The molecule has 0 amide bonds. The van der Waals surface area contributed by atoms with Crippen molar-refractivity contribution in [1.29, 1.82) is 0 Å². The Labute approximate surface area is 175 Å². The minimum Gasteiger partial charge on any atom is -0.359 e. The summed E-state index contributed by atoms with van der Waals surface area (Å²) in [5.41, 5.74) is 1.01. The molecule has 0 atom stereocenters. The minimum absolute atomic E-state index is 0.227. The van der Waals surface area contributed by atoms with E-state index < -0.39 is 9.84 Å². The highest BCUT2D eigenvalue weighted by atomic mass is 32.2. The summed E-state index contributed by atoms with van der Waals surface area (Å²) in [7, 11) is -2.90. The van der Waals surface area contributed by atoms with Crippen molar-refractivity contribution in [3.05, 3.63) is 17.5 Å². The summed E-state index contributed by atoms with van der Waals surface area (Å²) in [6, 6.07) is 2.35. The number of nitrogens with zero attached hydrogens (tertiary/aromatic N) is 3. The van der Waals surface area contributed by atoms with E-state index in [1.807, 2.05) is 13.0 Å². The molecule has 2 rings (SSSR count). The highest BCUT2D eigenvalue weighted by Gasteiger charge is 2.21. The Morgan fingerprint density at radius 3 is 2.59 bits per heavy atom. The number of sulfone groups is 1. The predicted octanol–water partition coefficient (Wildman–Crippen LogP) is 2.14. The average molecular weight is 428 g/mol. The van der Waals surface area contributed by atoms with Gasteiger partial charge >= 0.3 is 0 Å². The first-order valence-electron chi connectivity index (χ1n) is 10.7. The summed E-state index contributed by atoms with van der Waals surface area (Å²) >= 11 is 0. The lowest BCUT2D eigenvalue weighted by Gasteiger charge is -2.32. The SMILES string of the molecule is CCNC(=NCc1cc(C(CC)CC)no1)NC1CCN(CCS(C)(=O)=O)CC1. The van der Waals surface area contributed by atoms with Crippen LogP contribution in [0.5, 0.6) is 0 Å². The Morgan fingerprint density at radius 2 is 2.00 bits per heavy atom. The summed E-state index contributed by atoms with van der Waals surface area (Å²) in [4.78, 5) is 6.88. The average Bonchev–Trinajstić information content (AvgIpc) is 3.15. The van der Waals surface area contributed by atoms with Crippen LogP contribution in [0.2, 0.25) is 0 Å². The van der Waals surface area contributed by atoms with Crippen LogP contribution in [-0.4, -0.2) is 68.7 Å². The minimum atomic E-state index is -2.90. The fourth-order valence-electron chi connectivity index (χ4n) is 3.57. The zero-order valence-electron chi connectivity index (χ0n) is 18.3. The van der Waals surface area contributed by atoms with Gasteiger partial charge in [-0.25, -0.2) is 13.4 Å². The molecular formula is C20H37N5O3S. The summed E-state index contributed by atoms with van der Waals surface area (Å²) in [6.07, 6.45) is 5.34. The van der Waals surface area contributed by atoms with Crippen molar-refractivity contribution < 1.29 is 12.9 Å². The third-order valence-corrected chi connectivity index (χ3v) is 6.35. The van der Waals surface area contributed by atoms with E-state index in [2.05, 4.69) is 39.5 Å². The van der Waals surface area contributed by atoms with Gasteiger partial charge in [0.25, 0.3) is 0 Å². The lowest BCUT2D eigenvalue weighted by molar-refractivity contribution is 0.216. The smallest absolute Gasteiger partial charge is 0.191 e. The van der Waals surface area contributed by atoms with Crippen LogP contribution in [0, 0.1) is 0 Å². The van der Waals surface area contributed by atoms with Gasteiger partial charge in [-0.2, -0.15) is 0 Å². The summed E-state index contributed by atoms with van der Waals surface area (Å²) in [5.74, 6) is 2.23. The number of guanidine groups is 1. The van der Waals surface area contributed by atoms with E-state index in [-0.39, 0.29) is 5.75 Å². The normalized spacial score (nSPS) is 17.1. The summed E-state index contributed by atoms with van der Waals surface area (Å²) in [5, 5.41) is 11.0. The van der Waals surface area contributed by atoms with Crippen LogP contribution in [0.1, 0.15) is 63.8 Å². The molecule has 166 valence electrons. The van der Waals surface area contributed by atoms with E-state index in [4.69, 9.17) is 4.52 Å². The van der Waals surface area contributed by atoms with Gasteiger partial charge in [0.2, 0.25) is 0 Å². The lowest BCUT2D eigenvalue weighted by Crippen LogP contribution is -2.49. The third-order valence-electron chi connectivity index (χ3n) is 5.43. The molecule has 0 spiro atoms. The van der Waals surface area contributed by atoms with Crippen LogP contribution in [0.15, 0.2) is 15.6 Å². The first-order chi connectivity index (χ1) is 13.8. The number of piperidine rings is 1. The zero-order valence-corrected chi connectivity index (χ0v) is 19.1. The molecule has 2 N–H and O–H groups in total. The highest BCUT2D eigenvalue weighted by Crippen LogP contribution is 2.22. The molecule has 0 saturated carbocycles. The molecule has 1 saturated heterocycles. The van der Waals surface area contributed by atoms with Gasteiger partial charge in [-0.05, 0) is 32.6 Å². The second-order valence-corrected chi connectivity index (χ2v) is 10.1. The number of rotatable bonds is 10. The van der Waals surface area contributed by atoms with Gasteiger partial charge in [-0.1, -0.05) is 19.0 Å². The van der Waals surface area contributed by atoms with Crippen LogP contribution < -0.4 is 10.6 Å². The highest BCUT2D eigenvalue weighted by molar-refractivity contribution is 7.90. The molecular weight excluding hydrogens is 390 g/mol. The topological polar surface area (TPSA) is 99.8 Å². The van der Waals surface area contributed by atoms with Crippen molar-refractivity contribution in [1.82, 2.24) is 20.7 Å². The van der Waals surface area contributed by atoms with Crippen LogP contribution in [0.4, 0.5) is 0 Å². The molecule has 29 heavy (non-hydrogen) atoms. The molecule has 1 aromatic rings. The molecule has 2 heterocycles. The molecule has 0 aromatic carbocycles. The molecule has 1 aromatic heterocycles. The van der Waals surface area contributed by atoms with Gasteiger partial charge in [0.05, 0.1) is 11.4 Å². The molecule has 1 fully saturated rings. The Morgan fingerprint density at radius 1 is 1.31 bits per heavy atom. The van der Waals surface area contributed by atoms with Crippen LogP contribution in [-0.2, 0) is 16.4 Å². The Bertz CT molecular complexity index is 735. The number of hydrogen-bond donors (Lipinski definition) is 2. The van der Waals surface area contributed by atoms with Crippen LogP contribution in [0.25, 0.3) is 0 Å². The van der Waals surface area contributed by atoms with E-state index >= 15 is 0 Å². The second kappa shape index (κ2) is 11.5. The Kier molecular flexibility index (Phi) is 9.42. The van der Waals surface area contributed by atoms with Crippen molar-refractivity contribution in [3.63, 3.8) is 0 Å². The molecule has 0 bridgehead atoms. The van der Waals surface area contributed by atoms with E-state index in [9.17, 15) is 8.42 Å². The largest absolute Gasteiger partial charge is 0.359 e. The molecule has 1 aliphatic heterocycles. The maximum Gasteiger partial charge on any atom is 0.191 e. The summed E-state index contributed by atoms with van der Waals surface area (Å²) < 4.78 is 28.2. The fraction of sp³-hybridized carbons (Fsp3) is 0.800. The molecule has 1 aliphatic rings. The fourth-order valence-corrected chi connectivity index (χ4v) is 4.16. The number of likely N-dealkylation sites (tertiary alicyclic amines) is 1.